The van der Waals surface area contributed by atoms with Crippen LogP contribution in [0.1, 0.15) is 15.9 Å². The zero-order valence-corrected chi connectivity index (χ0v) is 12.9. The summed E-state index contributed by atoms with van der Waals surface area (Å²) in [5.41, 5.74) is 8.05. The number of rotatable bonds is 4. The number of hydrogen-bond donors (Lipinski definition) is 2. The third-order valence-electron chi connectivity index (χ3n) is 4.05. The number of nitrogen functional groups attached to an aromatic ring is 1. The lowest BCUT2D eigenvalue weighted by molar-refractivity contribution is 0.0697. The van der Waals surface area contributed by atoms with Gasteiger partial charge < -0.3 is 15.7 Å². The van der Waals surface area contributed by atoms with Crippen LogP contribution in [0.2, 0.25) is 0 Å². The summed E-state index contributed by atoms with van der Waals surface area (Å²) >= 11 is 0. The minimum atomic E-state index is -0.935. The van der Waals surface area contributed by atoms with E-state index >= 15 is 0 Å². The number of aromatic carboxylic acids is 1. The largest absolute Gasteiger partial charge is 0.478 e. The molecular weight excluding hydrogens is 292 g/mol. The van der Waals surface area contributed by atoms with Crippen LogP contribution >= 0.6 is 0 Å². The van der Waals surface area contributed by atoms with Crippen LogP contribution in [0.5, 0.6) is 0 Å². The molecule has 0 spiro atoms. The maximum Gasteiger partial charge on any atom is 0.339 e. The van der Waals surface area contributed by atoms with Crippen molar-refractivity contribution in [2.24, 2.45) is 0 Å². The lowest BCUT2D eigenvalue weighted by atomic mass is 10.1. The van der Waals surface area contributed by atoms with E-state index in [2.05, 4.69) is 16.0 Å². The average Bonchev–Trinajstić information content (AvgIpc) is 2.55. The number of aromatic nitrogens is 1. The standard InChI is InChI=1S/C17H20N4O2/c18-14-4-1-3-13(11-14)12-20-7-9-21(10-8-20)16-15(17(22)23)5-2-6-19-16/h1-6,11H,7-10,12,18H2,(H,22,23). The molecule has 3 rings (SSSR count). The predicted molar refractivity (Wildman–Crippen MR) is 89.5 cm³/mol. The second kappa shape index (κ2) is 6.66. The van der Waals surface area contributed by atoms with Crippen molar-refractivity contribution in [3.8, 4) is 0 Å². The number of hydrogen-bond acceptors (Lipinski definition) is 5. The van der Waals surface area contributed by atoms with Gasteiger partial charge in [-0.2, -0.15) is 0 Å². The Morgan fingerprint density at radius 1 is 1.17 bits per heavy atom. The molecule has 1 aromatic carbocycles. The highest BCUT2D eigenvalue weighted by Crippen LogP contribution is 2.20. The Kier molecular flexibility index (Phi) is 4.43. The number of benzene rings is 1. The number of nitrogens with two attached hydrogens (primary N) is 1. The summed E-state index contributed by atoms with van der Waals surface area (Å²) in [5, 5.41) is 9.28. The molecule has 1 saturated heterocycles. The Labute approximate surface area is 135 Å². The highest BCUT2D eigenvalue weighted by atomic mass is 16.4. The zero-order chi connectivity index (χ0) is 16.2. The van der Waals surface area contributed by atoms with Gasteiger partial charge in [0.05, 0.1) is 0 Å². The number of piperazine rings is 1. The average molecular weight is 312 g/mol. The van der Waals surface area contributed by atoms with Crippen molar-refractivity contribution >= 4 is 17.5 Å². The lowest BCUT2D eigenvalue weighted by Crippen LogP contribution is -2.46. The summed E-state index contributed by atoms with van der Waals surface area (Å²) in [6, 6.07) is 11.2. The summed E-state index contributed by atoms with van der Waals surface area (Å²) < 4.78 is 0. The van der Waals surface area contributed by atoms with E-state index in [0.29, 0.717) is 5.82 Å². The highest BCUT2D eigenvalue weighted by Gasteiger charge is 2.22. The molecule has 1 aliphatic rings. The summed E-state index contributed by atoms with van der Waals surface area (Å²) in [6.07, 6.45) is 1.64. The topological polar surface area (TPSA) is 82.7 Å². The monoisotopic (exact) mass is 312 g/mol. The van der Waals surface area contributed by atoms with E-state index in [1.54, 1.807) is 18.3 Å². The summed E-state index contributed by atoms with van der Waals surface area (Å²) in [5.74, 6) is -0.376. The molecule has 2 aromatic rings. The second-order valence-corrected chi connectivity index (χ2v) is 5.69. The van der Waals surface area contributed by atoms with Crippen LogP contribution in [-0.2, 0) is 6.54 Å². The normalized spacial score (nSPS) is 15.6. The summed E-state index contributed by atoms with van der Waals surface area (Å²) in [6.45, 7) is 4.11. The first-order valence-corrected chi connectivity index (χ1v) is 7.63. The fourth-order valence-electron chi connectivity index (χ4n) is 2.88. The molecule has 2 heterocycles. The van der Waals surface area contributed by atoms with E-state index in [9.17, 15) is 9.90 Å². The van der Waals surface area contributed by atoms with E-state index in [4.69, 9.17) is 5.73 Å². The molecule has 0 aliphatic carbocycles. The van der Waals surface area contributed by atoms with Gasteiger partial charge in [-0.3, -0.25) is 4.90 Å². The summed E-state index contributed by atoms with van der Waals surface area (Å²) in [7, 11) is 0. The van der Waals surface area contributed by atoms with Crippen LogP contribution in [0.3, 0.4) is 0 Å². The first-order valence-electron chi connectivity index (χ1n) is 7.63. The lowest BCUT2D eigenvalue weighted by Gasteiger charge is -2.35. The van der Waals surface area contributed by atoms with Crippen LogP contribution in [0.25, 0.3) is 0 Å². The number of carbonyl (C=O) groups is 1. The van der Waals surface area contributed by atoms with Gasteiger partial charge >= 0.3 is 5.97 Å². The Morgan fingerprint density at radius 3 is 2.65 bits per heavy atom. The first-order chi connectivity index (χ1) is 11.1. The van der Waals surface area contributed by atoms with E-state index < -0.39 is 5.97 Å². The van der Waals surface area contributed by atoms with Gasteiger partial charge in [0.2, 0.25) is 0 Å². The van der Waals surface area contributed by atoms with Gasteiger partial charge in [-0.1, -0.05) is 12.1 Å². The molecule has 6 heteroatoms. The molecule has 1 aromatic heterocycles. The smallest absolute Gasteiger partial charge is 0.339 e. The van der Waals surface area contributed by atoms with E-state index in [1.165, 1.54) is 5.56 Å². The molecule has 0 atom stereocenters. The van der Waals surface area contributed by atoms with Crippen molar-refractivity contribution in [3.05, 3.63) is 53.7 Å². The Balaban J connectivity index is 1.64. The fourth-order valence-corrected chi connectivity index (χ4v) is 2.88. The van der Waals surface area contributed by atoms with Crippen molar-refractivity contribution < 1.29 is 9.90 Å². The number of pyridine rings is 1. The van der Waals surface area contributed by atoms with Gasteiger partial charge in [0.25, 0.3) is 0 Å². The first kappa shape index (κ1) is 15.3. The van der Waals surface area contributed by atoms with Gasteiger partial charge in [-0.15, -0.1) is 0 Å². The van der Waals surface area contributed by atoms with Crippen molar-refractivity contribution in [2.75, 3.05) is 36.8 Å². The number of anilines is 2. The second-order valence-electron chi connectivity index (χ2n) is 5.69. The third kappa shape index (κ3) is 3.60. The van der Waals surface area contributed by atoms with Gasteiger partial charge in [-0.05, 0) is 29.8 Å². The Hall–Kier alpha value is -2.60. The van der Waals surface area contributed by atoms with Gasteiger partial charge in [0.1, 0.15) is 11.4 Å². The maximum absolute atomic E-state index is 11.3. The quantitative estimate of drug-likeness (QED) is 0.836. The Bertz CT molecular complexity index is 696. The minimum Gasteiger partial charge on any atom is -0.478 e. The summed E-state index contributed by atoms with van der Waals surface area (Å²) in [4.78, 5) is 20.0. The van der Waals surface area contributed by atoms with E-state index in [0.717, 1.165) is 38.4 Å². The highest BCUT2D eigenvalue weighted by molar-refractivity contribution is 5.93. The van der Waals surface area contributed by atoms with Crippen molar-refractivity contribution in [3.63, 3.8) is 0 Å². The SMILES string of the molecule is Nc1cccc(CN2CCN(c3ncccc3C(=O)O)CC2)c1. The van der Waals surface area contributed by atoms with Crippen molar-refractivity contribution in [2.45, 2.75) is 6.54 Å². The molecule has 3 N–H and O–H groups in total. The molecule has 6 nitrogen and oxygen atoms in total. The van der Waals surface area contributed by atoms with E-state index in [-0.39, 0.29) is 5.56 Å². The molecule has 0 saturated carbocycles. The molecule has 120 valence electrons. The third-order valence-corrected chi connectivity index (χ3v) is 4.05. The van der Waals surface area contributed by atoms with Crippen molar-refractivity contribution in [1.82, 2.24) is 9.88 Å². The molecule has 1 fully saturated rings. The molecule has 0 amide bonds. The van der Waals surface area contributed by atoms with E-state index in [1.807, 2.05) is 23.1 Å². The molecule has 1 aliphatic heterocycles. The van der Waals surface area contributed by atoms with Crippen LogP contribution in [0.4, 0.5) is 11.5 Å². The number of carboxylic acids is 1. The molecule has 0 unspecified atom stereocenters. The predicted octanol–water partition coefficient (Wildman–Crippen LogP) is 1.68. The molecule has 0 bridgehead atoms. The zero-order valence-electron chi connectivity index (χ0n) is 12.9. The number of carboxylic acid groups (broad SMARTS) is 1. The molecule has 0 radical (unpaired) electrons. The maximum atomic E-state index is 11.3. The molecule has 23 heavy (non-hydrogen) atoms. The minimum absolute atomic E-state index is 0.261. The number of nitrogens with zero attached hydrogens (tertiary/aromatic N) is 3. The van der Waals surface area contributed by atoms with Crippen molar-refractivity contribution in [1.29, 1.82) is 0 Å². The van der Waals surface area contributed by atoms with Crippen LogP contribution in [0, 0.1) is 0 Å². The van der Waals surface area contributed by atoms with Gasteiger partial charge in [-0.25, -0.2) is 9.78 Å². The Morgan fingerprint density at radius 2 is 1.96 bits per heavy atom. The van der Waals surface area contributed by atoms with Crippen LogP contribution < -0.4 is 10.6 Å². The molecular formula is C17H20N4O2. The van der Waals surface area contributed by atoms with Crippen LogP contribution in [0.15, 0.2) is 42.6 Å². The van der Waals surface area contributed by atoms with Gasteiger partial charge in [0, 0.05) is 44.6 Å². The van der Waals surface area contributed by atoms with Crippen LogP contribution in [-0.4, -0.2) is 47.1 Å². The van der Waals surface area contributed by atoms with Gasteiger partial charge in [0.15, 0.2) is 0 Å². The fraction of sp³-hybridized carbons (Fsp3) is 0.294.